The van der Waals surface area contributed by atoms with Crippen molar-refractivity contribution in [2.75, 3.05) is 6.61 Å². The summed E-state index contributed by atoms with van der Waals surface area (Å²) in [5.74, 6) is -0.359. The molecular formula is C11H13ClO2. The molecule has 1 aromatic rings. The maximum absolute atomic E-state index is 11.0. The summed E-state index contributed by atoms with van der Waals surface area (Å²) in [4.78, 5) is 11.0. The summed E-state index contributed by atoms with van der Waals surface area (Å²) in [7, 11) is 0. The first kappa shape index (κ1) is 11.1. The van der Waals surface area contributed by atoms with Crippen LogP contribution in [0.15, 0.2) is 30.3 Å². The molecule has 14 heavy (non-hydrogen) atoms. The van der Waals surface area contributed by atoms with Gasteiger partial charge in [-0.05, 0) is 12.5 Å². The molecular weight excluding hydrogens is 200 g/mol. The number of hydrogen-bond acceptors (Lipinski definition) is 2. The molecule has 0 aromatic heterocycles. The molecule has 0 N–H and O–H groups in total. The molecule has 0 saturated carbocycles. The van der Waals surface area contributed by atoms with Crippen LogP contribution in [0.3, 0.4) is 0 Å². The van der Waals surface area contributed by atoms with E-state index in [9.17, 15) is 4.79 Å². The van der Waals surface area contributed by atoms with Crippen molar-refractivity contribution in [3.8, 4) is 0 Å². The predicted molar refractivity (Wildman–Crippen MR) is 56.4 cm³/mol. The van der Waals surface area contributed by atoms with E-state index < -0.39 is 5.38 Å². The van der Waals surface area contributed by atoms with Gasteiger partial charge in [0.05, 0.1) is 6.61 Å². The van der Waals surface area contributed by atoms with Crippen LogP contribution in [-0.4, -0.2) is 18.0 Å². The Morgan fingerprint density at radius 3 is 2.64 bits per heavy atom. The number of esters is 1. The lowest BCUT2D eigenvalue weighted by atomic mass is 10.2. The lowest BCUT2D eigenvalue weighted by molar-refractivity contribution is -0.142. The van der Waals surface area contributed by atoms with Gasteiger partial charge in [-0.3, -0.25) is 4.79 Å². The number of alkyl halides is 1. The van der Waals surface area contributed by atoms with E-state index in [-0.39, 0.29) is 5.97 Å². The molecule has 0 aliphatic carbocycles. The zero-order valence-corrected chi connectivity index (χ0v) is 8.83. The number of rotatable bonds is 4. The van der Waals surface area contributed by atoms with E-state index in [0.717, 1.165) is 12.0 Å². The van der Waals surface area contributed by atoms with Crippen LogP contribution in [0.5, 0.6) is 0 Å². The van der Waals surface area contributed by atoms with Crippen LogP contribution in [-0.2, 0) is 16.0 Å². The van der Waals surface area contributed by atoms with Crippen molar-refractivity contribution in [3.63, 3.8) is 0 Å². The first-order valence-electron chi connectivity index (χ1n) is 4.55. The van der Waals surface area contributed by atoms with Crippen LogP contribution in [0, 0.1) is 0 Å². The van der Waals surface area contributed by atoms with Gasteiger partial charge in [-0.25, -0.2) is 0 Å². The molecule has 0 bridgehead atoms. The van der Waals surface area contributed by atoms with E-state index in [2.05, 4.69) is 0 Å². The molecule has 0 amide bonds. The zero-order chi connectivity index (χ0) is 10.4. The Morgan fingerprint density at radius 1 is 1.43 bits per heavy atom. The summed E-state index contributed by atoms with van der Waals surface area (Å²) < 4.78 is 4.94. The maximum atomic E-state index is 11.0. The summed E-state index contributed by atoms with van der Waals surface area (Å²) in [6.07, 6.45) is 0.732. The quantitative estimate of drug-likeness (QED) is 0.566. The molecule has 3 heteroatoms. The third-order valence-corrected chi connectivity index (χ3v) is 1.98. The summed E-state index contributed by atoms with van der Waals surface area (Å²) >= 11 is 5.54. The van der Waals surface area contributed by atoms with Crippen molar-refractivity contribution in [2.24, 2.45) is 0 Å². The summed E-state index contributed by atoms with van der Waals surface area (Å²) in [5.41, 5.74) is 1.16. The molecule has 1 atom stereocenters. The smallest absolute Gasteiger partial charge is 0.323 e. The molecule has 0 heterocycles. The number of benzene rings is 1. The molecule has 0 unspecified atom stereocenters. The lowest BCUT2D eigenvalue weighted by Crippen LogP contribution is -2.15. The van der Waals surface area contributed by atoms with Gasteiger partial charge in [0.15, 0.2) is 0 Å². The fraction of sp³-hybridized carbons (Fsp3) is 0.364. The third kappa shape index (κ3) is 3.79. The zero-order valence-electron chi connectivity index (χ0n) is 8.07. The van der Waals surface area contributed by atoms with Gasteiger partial charge in [-0.15, -0.1) is 11.6 Å². The molecule has 1 aromatic carbocycles. The SMILES string of the molecule is C[C@H](Cl)C(=O)OCCc1ccccc1. The molecule has 2 nitrogen and oxygen atoms in total. The van der Waals surface area contributed by atoms with Crippen LogP contribution in [0.1, 0.15) is 12.5 Å². The molecule has 1 rings (SSSR count). The first-order chi connectivity index (χ1) is 6.70. The average Bonchev–Trinajstić information content (AvgIpc) is 2.19. The summed E-state index contributed by atoms with van der Waals surface area (Å²) in [6.45, 7) is 1.99. The third-order valence-electron chi connectivity index (χ3n) is 1.80. The van der Waals surface area contributed by atoms with Gasteiger partial charge in [0.2, 0.25) is 0 Å². The van der Waals surface area contributed by atoms with Crippen molar-refractivity contribution < 1.29 is 9.53 Å². The van der Waals surface area contributed by atoms with Crippen LogP contribution < -0.4 is 0 Å². The van der Waals surface area contributed by atoms with Gasteiger partial charge in [-0.2, -0.15) is 0 Å². The molecule has 0 aliphatic heterocycles. The van der Waals surface area contributed by atoms with E-state index in [4.69, 9.17) is 16.3 Å². The highest BCUT2D eigenvalue weighted by Crippen LogP contribution is 2.01. The van der Waals surface area contributed by atoms with Gasteiger partial charge in [0.25, 0.3) is 0 Å². The van der Waals surface area contributed by atoms with Crippen molar-refractivity contribution >= 4 is 17.6 Å². The van der Waals surface area contributed by atoms with Gasteiger partial charge >= 0.3 is 5.97 Å². The van der Waals surface area contributed by atoms with Gasteiger partial charge < -0.3 is 4.74 Å². The fourth-order valence-corrected chi connectivity index (χ4v) is 1.09. The van der Waals surface area contributed by atoms with Crippen molar-refractivity contribution in [1.29, 1.82) is 0 Å². The predicted octanol–water partition coefficient (Wildman–Crippen LogP) is 2.40. The second-order valence-electron chi connectivity index (χ2n) is 3.02. The molecule has 0 aliphatic rings. The molecule has 0 spiro atoms. The first-order valence-corrected chi connectivity index (χ1v) is 4.98. The highest BCUT2D eigenvalue weighted by molar-refractivity contribution is 6.29. The van der Waals surface area contributed by atoms with Crippen LogP contribution in [0.4, 0.5) is 0 Å². The monoisotopic (exact) mass is 212 g/mol. The Hall–Kier alpha value is -1.02. The Balaban J connectivity index is 2.26. The minimum atomic E-state index is -0.564. The molecule has 0 saturated heterocycles. The van der Waals surface area contributed by atoms with Gasteiger partial charge in [0, 0.05) is 6.42 Å². The Morgan fingerprint density at radius 2 is 2.07 bits per heavy atom. The second kappa shape index (κ2) is 5.66. The maximum Gasteiger partial charge on any atom is 0.323 e. The highest BCUT2D eigenvalue weighted by atomic mass is 35.5. The number of carbonyl (C=O) groups excluding carboxylic acids is 1. The topological polar surface area (TPSA) is 26.3 Å². The van der Waals surface area contributed by atoms with E-state index >= 15 is 0 Å². The lowest BCUT2D eigenvalue weighted by Gasteiger charge is -2.05. The minimum Gasteiger partial charge on any atom is -0.464 e. The Kier molecular flexibility index (Phi) is 4.47. The highest BCUT2D eigenvalue weighted by Gasteiger charge is 2.09. The summed E-state index contributed by atoms with van der Waals surface area (Å²) in [6, 6.07) is 9.87. The largest absolute Gasteiger partial charge is 0.464 e. The normalized spacial score (nSPS) is 12.1. The summed E-state index contributed by atoms with van der Waals surface area (Å²) in [5, 5.41) is -0.564. The second-order valence-corrected chi connectivity index (χ2v) is 3.67. The van der Waals surface area contributed by atoms with E-state index in [1.54, 1.807) is 6.92 Å². The van der Waals surface area contributed by atoms with Gasteiger partial charge in [0.1, 0.15) is 5.38 Å². The van der Waals surface area contributed by atoms with Crippen LogP contribution >= 0.6 is 11.6 Å². The van der Waals surface area contributed by atoms with E-state index in [1.165, 1.54) is 0 Å². The van der Waals surface area contributed by atoms with Crippen molar-refractivity contribution in [2.45, 2.75) is 18.7 Å². The van der Waals surface area contributed by atoms with Crippen LogP contribution in [0.2, 0.25) is 0 Å². The average molecular weight is 213 g/mol. The molecule has 76 valence electrons. The number of carbonyl (C=O) groups is 1. The van der Waals surface area contributed by atoms with E-state index in [0.29, 0.717) is 6.61 Å². The number of hydrogen-bond donors (Lipinski definition) is 0. The number of ether oxygens (including phenoxy) is 1. The van der Waals surface area contributed by atoms with Crippen molar-refractivity contribution in [1.82, 2.24) is 0 Å². The Labute approximate surface area is 88.8 Å². The molecule has 0 fully saturated rings. The fourth-order valence-electron chi connectivity index (χ4n) is 1.03. The van der Waals surface area contributed by atoms with E-state index in [1.807, 2.05) is 30.3 Å². The van der Waals surface area contributed by atoms with Crippen molar-refractivity contribution in [3.05, 3.63) is 35.9 Å². The standard InChI is InChI=1S/C11H13ClO2/c1-9(12)11(13)14-8-7-10-5-3-2-4-6-10/h2-6,9H,7-8H2,1H3/t9-/m0/s1. The molecule has 0 radical (unpaired) electrons. The Bertz CT molecular complexity index is 283. The van der Waals surface area contributed by atoms with Gasteiger partial charge in [-0.1, -0.05) is 30.3 Å². The minimum absolute atomic E-state index is 0.359. The number of halogens is 1. The van der Waals surface area contributed by atoms with Crippen LogP contribution in [0.25, 0.3) is 0 Å².